The van der Waals surface area contributed by atoms with Crippen LogP contribution in [0.5, 0.6) is 0 Å². The zero-order valence-electron chi connectivity index (χ0n) is 7.88. The van der Waals surface area contributed by atoms with Gasteiger partial charge in [0.1, 0.15) is 5.69 Å². The first-order valence-electron chi connectivity index (χ1n) is 4.19. The van der Waals surface area contributed by atoms with E-state index >= 15 is 0 Å². The molecular formula is C9H7BrF3NO2. The number of carboxylic acids is 1. The van der Waals surface area contributed by atoms with Crippen molar-refractivity contribution in [1.82, 2.24) is 4.98 Å². The van der Waals surface area contributed by atoms with Crippen LogP contribution < -0.4 is 0 Å². The Balaban J connectivity index is 3.23. The molecule has 0 amide bonds. The van der Waals surface area contributed by atoms with Gasteiger partial charge >= 0.3 is 5.97 Å². The highest BCUT2D eigenvalue weighted by Gasteiger charge is 2.21. The molecule has 7 heteroatoms. The first-order chi connectivity index (χ1) is 7.47. The summed E-state index contributed by atoms with van der Waals surface area (Å²) in [4.78, 5) is 13.7. The minimum Gasteiger partial charge on any atom is -0.481 e. The van der Waals surface area contributed by atoms with Crippen LogP contribution >= 0.6 is 15.9 Å². The number of pyridine rings is 1. The Labute approximate surface area is 97.4 Å². The number of nitrogens with zero attached hydrogens (tertiary/aromatic N) is 1. The van der Waals surface area contributed by atoms with Crippen LogP contribution in [0.1, 0.15) is 23.2 Å². The molecule has 1 aromatic rings. The Morgan fingerprint density at radius 2 is 2.19 bits per heavy atom. The van der Waals surface area contributed by atoms with Crippen molar-refractivity contribution in [3.8, 4) is 0 Å². The van der Waals surface area contributed by atoms with E-state index in [-0.39, 0.29) is 16.5 Å². The summed E-state index contributed by atoms with van der Waals surface area (Å²) >= 11 is 2.93. The van der Waals surface area contributed by atoms with Crippen molar-refractivity contribution in [1.29, 1.82) is 0 Å². The molecule has 0 saturated heterocycles. The van der Waals surface area contributed by atoms with E-state index < -0.39 is 30.3 Å². The van der Waals surface area contributed by atoms with Crippen LogP contribution in [0.15, 0.2) is 6.20 Å². The number of hydrogen-bond donors (Lipinski definition) is 1. The van der Waals surface area contributed by atoms with Crippen LogP contribution in [-0.2, 0) is 16.5 Å². The second-order valence-electron chi connectivity index (χ2n) is 2.97. The van der Waals surface area contributed by atoms with Gasteiger partial charge in [0.2, 0.25) is 0 Å². The molecule has 0 saturated carbocycles. The van der Waals surface area contributed by atoms with Crippen molar-refractivity contribution < 1.29 is 23.1 Å². The lowest BCUT2D eigenvalue weighted by Gasteiger charge is -2.09. The molecule has 0 radical (unpaired) electrons. The molecule has 16 heavy (non-hydrogen) atoms. The van der Waals surface area contributed by atoms with Gasteiger partial charge in [0.25, 0.3) is 6.43 Å². The predicted octanol–water partition coefficient (Wildman–Crippen LogP) is 2.68. The van der Waals surface area contributed by atoms with Crippen LogP contribution in [0.2, 0.25) is 0 Å². The van der Waals surface area contributed by atoms with E-state index in [0.29, 0.717) is 0 Å². The summed E-state index contributed by atoms with van der Waals surface area (Å²) in [5.74, 6) is -2.32. The number of aromatic nitrogens is 1. The summed E-state index contributed by atoms with van der Waals surface area (Å²) in [6, 6.07) is 0. The third-order valence-corrected chi connectivity index (χ3v) is 2.48. The number of halogens is 4. The molecule has 0 aliphatic carbocycles. The number of carbonyl (C=O) groups is 1. The van der Waals surface area contributed by atoms with E-state index in [1.54, 1.807) is 0 Å². The van der Waals surface area contributed by atoms with Crippen LogP contribution in [0.4, 0.5) is 13.2 Å². The minimum atomic E-state index is -3.02. The fourth-order valence-corrected chi connectivity index (χ4v) is 1.80. The summed E-state index contributed by atoms with van der Waals surface area (Å²) < 4.78 is 38.1. The van der Waals surface area contributed by atoms with Crippen LogP contribution in [0, 0.1) is 5.82 Å². The Hall–Kier alpha value is -1.11. The molecule has 0 bridgehead atoms. The lowest BCUT2D eigenvalue weighted by molar-refractivity contribution is -0.136. The second-order valence-corrected chi connectivity index (χ2v) is 3.53. The molecule has 3 nitrogen and oxygen atoms in total. The van der Waals surface area contributed by atoms with Crippen molar-refractivity contribution >= 4 is 21.9 Å². The van der Waals surface area contributed by atoms with Crippen molar-refractivity contribution in [2.24, 2.45) is 0 Å². The SMILES string of the molecule is O=C(O)Cc1cnc(C(F)F)c(F)c1CBr. The molecule has 0 aliphatic heterocycles. The molecule has 0 aromatic carbocycles. The van der Waals surface area contributed by atoms with E-state index in [9.17, 15) is 18.0 Å². The van der Waals surface area contributed by atoms with Crippen LogP contribution in [-0.4, -0.2) is 16.1 Å². The van der Waals surface area contributed by atoms with Gasteiger partial charge < -0.3 is 5.11 Å². The highest BCUT2D eigenvalue weighted by atomic mass is 79.9. The average Bonchev–Trinajstić information content (AvgIpc) is 2.16. The Bertz CT molecular complexity index is 412. The fourth-order valence-electron chi connectivity index (χ4n) is 1.19. The molecule has 1 aromatic heterocycles. The van der Waals surface area contributed by atoms with Gasteiger partial charge in [0, 0.05) is 17.1 Å². The van der Waals surface area contributed by atoms with Gasteiger partial charge in [-0.15, -0.1) is 0 Å². The second kappa shape index (κ2) is 5.29. The van der Waals surface area contributed by atoms with Gasteiger partial charge in [0.15, 0.2) is 5.82 Å². The van der Waals surface area contributed by atoms with Crippen molar-refractivity contribution in [3.05, 3.63) is 28.8 Å². The third kappa shape index (κ3) is 2.72. The standard InChI is InChI=1S/C9H7BrF3NO2/c10-2-5-4(1-6(15)16)3-14-8(7(5)11)9(12)13/h3,9H,1-2H2,(H,15,16). The maximum absolute atomic E-state index is 13.5. The number of hydrogen-bond acceptors (Lipinski definition) is 2. The first-order valence-corrected chi connectivity index (χ1v) is 5.31. The quantitative estimate of drug-likeness (QED) is 0.869. The molecule has 88 valence electrons. The molecule has 1 heterocycles. The maximum Gasteiger partial charge on any atom is 0.307 e. The summed E-state index contributed by atoms with van der Waals surface area (Å²) in [5, 5.41) is 8.50. The molecule has 0 fully saturated rings. The van der Waals surface area contributed by atoms with E-state index in [0.717, 1.165) is 6.20 Å². The summed E-state index contributed by atoms with van der Waals surface area (Å²) in [6.45, 7) is 0. The minimum absolute atomic E-state index is 0.0380. The van der Waals surface area contributed by atoms with E-state index in [1.807, 2.05) is 0 Å². The normalized spacial score (nSPS) is 10.8. The molecule has 1 rings (SSSR count). The lowest BCUT2D eigenvalue weighted by atomic mass is 10.1. The number of aliphatic carboxylic acids is 1. The molecule has 1 N–H and O–H groups in total. The van der Waals surface area contributed by atoms with Gasteiger partial charge in [0.05, 0.1) is 6.42 Å². The van der Waals surface area contributed by atoms with Crippen LogP contribution in [0.3, 0.4) is 0 Å². The van der Waals surface area contributed by atoms with Gasteiger partial charge in [-0.05, 0) is 5.56 Å². The number of rotatable bonds is 4. The molecule has 0 aliphatic rings. The Morgan fingerprint density at radius 3 is 2.62 bits per heavy atom. The first kappa shape index (κ1) is 13.0. The summed E-state index contributed by atoms with van der Waals surface area (Å²) in [6.07, 6.45) is -2.50. The molecule has 0 unspecified atom stereocenters. The van der Waals surface area contributed by atoms with Gasteiger partial charge in [-0.3, -0.25) is 9.78 Å². The van der Waals surface area contributed by atoms with E-state index in [1.165, 1.54) is 0 Å². The van der Waals surface area contributed by atoms with Gasteiger partial charge in [-0.1, -0.05) is 15.9 Å². The van der Waals surface area contributed by atoms with Gasteiger partial charge in [-0.2, -0.15) is 0 Å². The third-order valence-electron chi connectivity index (χ3n) is 1.92. The Morgan fingerprint density at radius 1 is 1.56 bits per heavy atom. The Kier molecular flexibility index (Phi) is 4.28. The number of carboxylic acid groups (broad SMARTS) is 1. The van der Waals surface area contributed by atoms with Crippen molar-refractivity contribution in [2.45, 2.75) is 18.2 Å². The monoisotopic (exact) mass is 297 g/mol. The summed E-state index contributed by atoms with van der Waals surface area (Å²) in [5.41, 5.74) is -0.956. The van der Waals surface area contributed by atoms with Crippen molar-refractivity contribution in [2.75, 3.05) is 0 Å². The highest BCUT2D eigenvalue weighted by Crippen LogP contribution is 2.25. The van der Waals surface area contributed by atoms with Crippen molar-refractivity contribution in [3.63, 3.8) is 0 Å². The molecule has 0 spiro atoms. The van der Waals surface area contributed by atoms with Gasteiger partial charge in [-0.25, -0.2) is 13.2 Å². The maximum atomic E-state index is 13.5. The number of alkyl halides is 3. The fraction of sp³-hybridized carbons (Fsp3) is 0.333. The van der Waals surface area contributed by atoms with Crippen LogP contribution in [0.25, 0.3) is 0 Å². The molecule has 0 atom stereocenters. The highest BCUT2D eigenvalue weighted by molar-refractivity contribution is 9.08. The summed E-state index contributed by atoms with van der Waals surface area (Å²) in [7, 11) is 0. The lowest BCUT2D eigenvalue weighted by Crippen LogP contribution is -2.08. The average molecular weight is 298 g/mol. The molecular weight excluding hydrogens is 291 g/mol. The largest absolute Gasteiger partial charge is 0.481 e. The smallest absolute Gasteiger partial charge is 0.307 e. The van der Waals surface area contributed by atoms with E-state index in [4.69, 9.17) is 5.11 Å². The van der Waals surface area contributed by atoms with E-state index in [2.05, 4.69) is 20.9 Å². The zero-order chi connectivity index (χ0) is 12.3. The predicted molar refractivity (Wildman–Crippen MR) is 53.1 cm³/mol. The topological polar surface area (TPSA) is 50.2 Å². The zero-order valence-corrected chi connectivity index (χ0v) is 9.47.